The summed E-state index contributed by atoms with van der Waals surface area (Å²) in [6.07, 6.45) is 0. The molecule has 0 aromatic heterocycles. The summed E-state index contributed by atoms with van der Waals surface area (Å²) in [7, 11) is 0. The normalized spacial score (nSPS) is 18.1. The van der Waals surface area contributed by atoms with Crippen LogP contribution in [0.25, 0.3) is 0 Å². The maximum atomic E-state index is 12.5. The number of benzene rings is 3. The van der Waals surface area contributed by atoms with E-state index in [1.54, 1.807) is 13.0 Å². The fraction of sp³-hybridized carbons (Fsp3) is 0.160. The van der Waals surface area contributed by atoms with Crippen LogP contribution in [0.3, 0.4) is 0 Å². The zero-order valence-corrected chi connectivity index (χ0v) is 17.0. The fourth-order valence-electron chi connectivity index (χ4n) is 3.85. The number of hydrogen-bond donors (Lipinski definition) is 2. The van der Waals surface area contributed by atoms with Crippen molar-refractivity contribution in [3.63, 3.8) is 0 Å². The number of phenols is 1. The smallest absolute Gasteiger partial charge is 0.341 e. The second-order valence-electron chi connectivity index (χ2n) is 7.18. The molecule has 0 saturated heterocycles. The maximum Gasteiger partial charge on any atom is 0.341 e. The number of carbonyl (C=O) groups is 2. The van der Waals surface area contributed by atoms with Crippen LogP contribution in [0, 0.1) is 0 Å². The number of carbonyl (C=O) groups excluding carboxylic acids is 2. The predicted molar refractivity (Wildman–Crippen MR) is 117 cm³/mol. The molecule has 1 aliphatic heterocycles. The van der Waals surface area contributed by atoms with Gasteiger partial charge in [0, 0.05) is 0 Å². The van der Waals surface area contributed by atoms with Gasteiger partial charge < -0.3 is 15.2 Å². The van der Waals surface area contributed by atoms with E-state index in [2.05, 4.69) is 10.3 Å². The Balaban J connectivity index is 1.81. The van der Waals surface area contributed by atoms with Gasteiger partial charge in [0.1, 0.15) is 11.3 Å². The Morgan fingerprint density at radius 3 is 2.32 bits per heavy atom. The molecule has 0 radical (unpaired) electrons. The third-order valence-electron chi connectivity index (χ3n) is 5.23. The molecule has 1 heterocycles. The van der Waals surface area contributed by atoms with Crippen molar-refractivity contribution in [3.8, 4) is 5.75 Å². The van der Waals surface area contributed by atoms with E-state index in [4.69, 9.17) is 4.74 Å². The highest BCUT2D eigenvalue weighted by Crippen LogP contribution is 2.38. The zero-order valence-electron chi connectivity index (χ0n) is 17.0. The number of nitrogens with one attached hydrogen (secondary N) is 1. The van der Waals surface area contributed by atoms with E-state index in [0.29, 0.717) is 11.3 Å². The number of ether oxygens (including phenoxy) is 1. The van der Waals surface area contributed by atoms with Crippen LogP contribution in [0.4, 0.5) is 4.79 Å². The summed E-state index contributed by atoms with van der Waals surface area (Å²) in [6.45, 7) is 1.92. The van der Waals surface area contributed by atoms with Gasteiger partial charge in [0.05, 0.1) is 24.3 Å². The number of hydrogen-bond acceptors (Lipinski definition) is 4. The SMILES string of the molecule is CCOC(=O)c1ccc(C2NC(=O)N=C(c3ccccc3)C2c2ccccc2)cc1O. The highest BCUT2D eigenvalue weighted by Gasteiger charge is 2.36. The molecule has 1 aliphatic rings. The second-order valence-corrected chi connectivity index (χ2v) is 7.18. The summed E-state index contributed by atoms with van der Waals surface area (Å²) in [6, 6.07) is 23.1. The number of nitrogens with zero attached hydrogens (tertiary/aromatic N) is 1. The van der Waals surface area contributed by atoms with E-state index in [1.165, 1.54) is 12.1 Å². The molecule has 0 aliphatic carbocycles. The van der Waals surface area contributed by atoms with E-state index in [1.807, 2.05) is 60.7 Å². The third kappa shape index (κ3) is 4.19. The maximum absolute atomic E-state index is 12.5. The standard InChI is InChI=1S/C25H22N2O4/c1-2-31-24(29)19-14-13-18(15-20(19)28)23-21(16-9-5-3-6-10-16)22(26-25(30)27-23)17-11-7-4-8-12-17/h3-15,21,23,28H,2H2,1H3,(H,27,30). The molecule has 31 heavy (non-hydrogen) atoms. The van der Waals surface area contributed by atoms with Gasteiger partial charge in [-0.2, -0.15) is 4.99 Å². The Bertz CT molecular complexity index is 1130. The number of phenolic OH excluding ortho intramolecular Hbond substituents is 1. The average molecular weight is 414 g/mol. The van der Waals surface area contributed by atoms with E-state index in [9.17, 15) is 14.7 Å². The molecule has 2 atom stereocenters. The van der Waals surface area contributed by atoms with Crippen molar-refractivity contribution < 1.29 is 19.4 Å². The van der Waals surface area contributed by atoms with E-state index in [-0.39, 0.29) is 23.8 Å². The molecular formula is C25H22N2O4. The lowest BCUT2D eigenvalue weighted by atomic mass is 9.80. The van der Waals surface area contributed by atoms with Crippen LogP contribution in [0.1, 0.15) is 45.9 Å². The van der Waals surface area contributed by atoms with Crippen molar-refractivity contribution in [2.45, 2.75) is 18.9 Å². The van der Waals surface area contributed by atoms with Gasteiger partial charge in [-0.15, -0.1) is 0 Å². The minimum atomic E-state index is -0.592. The minimum absolute atomic E-state index is 0.0842. The fourth-order valence-corrected chi connectivity index (χ4v) is 3.85. The number of aromatic hydroxyl groups is 1. The summed E-state index contributed by atoms with van der Waals surface area (Å²) in [4.78, 5) is 28.9. The van der Waals surface area contributed by atoms with Crippen LogP contribution < -0.4 is 5.32 Å². The Morgan fingerprint density at radius 1 is 1.00 bits per heavy atom. The molecular weight excluding hydrogens is 392 g/mol. The molecule has 2 N–H and O–H groups in total. The van der Waals surface area contributed by atoms with Crippen molar-refractivity contribution >= 4 is 17.7 Å². The summed E-state index contributed by atoms with van der Waals surface area (Å²) >= 11 is 0. The average Bonchev–Trinajstić information content (AvgIpc) is 2.79. The monoisotopic (exact) mass is 414 g/mol. The first kappa shape index (κ1) is 20.3. The first-order valence-corrected chi connectivity index (χ1v) is 10.1. The number of esters is 1. The molecule has 3 aromatic carbocycles. The van der Waals surface area contributed by atoms with Gasteiger partial charge in [0.2, 0.25) is 0 Å². The van der Waals surface area contributed by atoms with Gasteiger partial charge in [-0.05, 0) is 35.7 Å². The van der Waals surface area contributed by atoms with Gasteiger partial charge in [0.15, 0.2) is 0 Å². The Hall–Kier alpha value is -3.93. The van der Waals surface area contributed by atoms with Gasteiger partial charge in [0.25, 0.3) is 0 Å². The molecule has 6 heteroatoms. The summed E-state index contributed by atoms with van der Waals surface area (Å²) in [5.41, 5.74) is 3.22. The van der Waals surface area contributed by atoms with Crippen molar-refractivity contribution in [1.82, 2.24) is 5.32 Å². The highest BCUT2D eigenvalue weighted by atomic mass is 16.5. The number of rotatable bonds is 5. The number of aliphatic imine (C=N–C) groups is 1. The van der Waals surface area contributed by atoms with Gasteiger partial charge in [-0.25, -0.2) is 9.59 Å². The molecule has 2 amide bonds. The lowest BCUT2D eigenvalue weighted by Crippen LogP contribution is -2.40. The quantitative estimate of drug-likeness (QED) is 0.597. The number of urea groups is 1. The van der Waals surface area contributed by atoms with Crippen LogP contribution >= 0.6 is 0 Å². The lowest BCUT2D eigenvalue weighted by molar-refractivity contribution is 0.0523. The van der Waals surface area contributed by atoms with Crippen LogP contribution in [0.15, 0.2) is 83.9 Å². The van der Waals surface area contributed by atoms with E-state index in [0.717, 1.165) is 11.1 Å². The van der Waals surface area contributed by atoms with Crippen molar-refractivity contribution in [1.29, 1.82) is 0 Å². The first-order valence-electron chi connectivity index (χ1n) is 10.1. The molecule has 0 saturated carbocycles. The molecule has 156 valence electrons. The topological polar surface area (TPSA) is 88.0 Å². The lowest BCUT2D eigenvalue weighted by Gasteiger charge is -2.33. The van der Waals surface area contributed by atoms with E-state index >= 15 is 0 Å². The second kappa shape index (κ2) is 8.83. The Labute approximate surface area is 180 Å². The van der Waals surface area contributed by atoms with Gasteiger partial charge in [-0.3, -0.25) is 0 Å². The predicted octanol–water partition coefficient (Wildman–Crippen LogP) is 4.61. The van der Waals surface area contributed by atoms with Crippen LogP contribution in [0.5, 0.6) is 5.75 Å². The van der Waals surface area contributed by atoms with Crippen LogP contribution in [-0.2, 0) is 4.74 Å². The molecule has 0 bridgehead atoms. The Morgan fingerprint density at radius 2 is 1.68 bits per heavy atom. The van der Waals surface area contributed by atoms with Crippen molar-refractivity contribution in [2.24, 2.45) is 4.99 Å². The van der Waals surface area contributed by atoms with Gasteiger partial charge in [-0.1, -0.05) is 66.7 Å². The minimum Gasteiger partial charge on any atom is -0.507 e. The highest BCUT2D eigenvalue weighted by molar-refractivity contribution is 6.12. The summed E-state index contributed by atoms with van der Waals surface area (Å²) in [5, 5.41) is 13.4. The molecule has 4 rings (SSSR count). The first-order chi connectivity index (χ1) is 15.1. The Kier molecular flexibility index (Phi) is 5.80. The molecule has 2 unspecified atom stereocenters. The molecule has 0 fully saturated rings. The summed E-state index contributed by atoms with van der Waals surface area (Å²) in [5.74, 6) is -1.07. The number of amides is 2. The van der Waals surface area contributed by atoms with Crippen LogP contribution in [-0.4, -0.2) is 29.4 Å². The van der Waals surface area contributed by atoms with Crippen molar-refractivity contribution in [3.05, 3.63) is 101 Å². The largest absolute Gasteiger partial charge is 0.507 e. The van der Waals surface area contributed by atoms with Gasteiger partial charge >= 0.3 is 12.0 Å². The summed E-state index contributed by atoms with van der Waals surface area (Å²) < 4.78 is 4.99. The van der Waals surface area contributed by atoms with Crippen molar-refractivity contribution in [2.75, 3.05) is 6.61 Å². The molecule has 6 nitrogen and oxygen atoms in total. The third-order valence-corrected chi connectivity index (χ3v) is 5.23. The van der Waals surface area contributed by atoms with E-state index < -0.39 is 18.0 Å². The molecule has 3 aromatic rings. The van der Waals surface area contributed by atoms with Crippen LogP contribution in [0.2, 0.25) is 0 Å². The zero-order chi connectivity index (χ0) is 21.8. The molecule has 0 spiro atoms.